The topological polar surface area (TPSA) is 65.5 Å². The van der Waals surface area contributed by atoms with Crippen LogP contribution in [-0.4, -0.2) is 38.0 Å². The summed E-state index contributed by atoms with van der Waals surface area (Å²) in [5.41, 5.74) is 0.157. The molecular weight excluding hydrogens is 277 g/mol. The molecule has 0 aromatic carbocycles. The summed E-state index contributed by atoms with van der Waals surface area (Å²) in [7, 11) is -3.94. The number of aromatic nitrogens is 1. The fraction of sp³-hybridized carbons (Fsp3) is 0.615. The lowest BCUT2D eigenvalue weighted by atomic mass is 9.84. The van der Waals surface area contributed by atoms with Crippen molar-refractivity contribution < 1.29 is 17.7 Å². The highest BCUT2D eigenvalue weighted by Gasteiger charge is 2.52. The van der Waals surface area contributed by atoms with Crippen molar-refractivity contribution in [1.29, 1.82) is 0 Å². The van der Waals surface area contributed by atoms with Crippen LogP contribution in [0.1, 0.15) is 33.4 Å². The molecule has 0 bridgehead atoms. The minimum absolute atomic E-state index is 0.231. The van der Waals surface area contributed by atoms with Gasteiger partial charge in [0, 0.05) is 11.9 Å². The molecule has 0 saturated carbocycles. The van der Waals surface area contributed by atoms with Crippen molar-refractivity contribution in [1.82, 2.24) is 4.98 Å². The van der Waals surface area contributed by atoms with E-state index >= 15 is 0 Å². The second-order valence-corrected chi connectivity index (χ2v) is 8.25. The van der Waals surface area contributed by atoms with Gasteiger partial charge in [0.15, 0.2) is 9.84 Å². The van der Waals surface area contributed by atoms with Crippen molar-refractivity contribution in [2.75, 3.05) is 6.26 Å². The van der Waals surface area contributed by atoms with E-state index in [4.69, 9.17) is 9.31 Å². The van der Waals surface area contributed by atoms with Crippen molar-refractivity contribution in [3.63, 3.8) is 0 Å². The molecule has 1 aromatic heterocycles. The average molecular weight is 297 g/mol. The Balaban J connectivity index is 2.44. The van der Waals surface area contributed by atoms with Crippen molar-refractivity contribution in [2.45, 2.75) is 50.7 Å². The molecule has 2 rings (SSSR count). The third kappa shape index (κ3) is 2.75. The summed E-state index contributed by atoms with van der Waals surface area (Å²) in [6.07, 6.45) is 1.18. The van der Waals surface area contributed by atoms with Gasteiger partial charge in [-0.2, -0.15) is 0 Å². The summed E-state index contributed by atoms with van der Waals surface area (Å²) in [6.45, 7) is 9.53. The van der Waals surface area contributed by atoms with Gasteiger partial charge in [-0.25, -0.2) is 8.42 Å². The van der Waals surface area contributed by atoms with Crippen LogP contribution in [0.2, 0.25) is 0 Å². The first-order valence-electron chi connectivity index (χ1n) is 6.47. The summed E-state index contributed by atoms with van der Waals surface area (Å²) in [4.78, 5) is 4.58. The van der Waals surface area contributed by atoms with Gasteiger partial charge in [-0.15, -0.1) is 0 Å². The largest absolute Gasteiger partial charge is 0.514 e. The highest BCUT2D eigenvalue weighted by Crippen LogP contribution is 2.36. The van der Waals surface area contributed by atoms with Crippen LogP contribution in [-0.2, 0) is 19.1 Å². The van der Waals surface area contributed by atoms with Crippen LogP contribution in [0.5, 0.6) is 0 Å². The maximum absolute atomic E-state index is 11.7. The van der Waals surface area contributed by atoms with E-state index in [-0.39, 0.29) is 4.90 Å². The molecule has 0 N–H and O–H groups in total. The van der Waals surface area contributed by atoms with Crippen LogP contribution >= 0.6 is 0 Å². The lowest BCUT2D eigenvalue weighted by molar-refractivity contribution is 0.00578. The van der Waals surface area contributed by atoms with Crippen molar-refractivity contribution in [3.8, 4) is 0 Å². The van der Waals surface area contributed by atoms with E-state index < -0.39 is 28.2 Å². The second-order valence-electron chi connectivity index (χ2n) is 6.23. The predicted molar refractivity (Wildman–Crippen MR) is 77.8 cm³/mol. The summed E-state index contributed by atoms with van der Waals surface area (Å²) in [5, 5.41) is 0. The van der Waals surface area contributed by atoms with E-state index in [2.05, 4.69) is 4.98 Å². The zero-order valence-electron chi connectivity index (χ0n) is 12.7. The Hall–Kier alpha value is -0.915. The smallest absolute Gasteiger partial charge is 0.398 e. The van der Waals surface area contributed by atoms with E-state index in [0.29, 0.717) is 11.3 Å². The van der Waals surface area contributed by atoms with Crippen LogP contribution < -0.4 is 5.59 Å². The van der Waals surface area contributed by atoms with Gasteiger partial charge in [0.2, 0.25) is 0 Å². The van der Waals surface area contributed by atoms with Gasteiger partial charge < -0.3 is 9.31 Å². The van der Waals surface area contributed by atoms with Crippen molar-refractivity contribution in [2.24, 2.45) is 0 Å². The maximum Gasteiger partial charge on any atom is 0.514 e. The Morgan fingerprint density at radius 1 is 1.10 bits per heavy atom. The van der Waals surface area contributed by atoms with Crippen LogP contribution in [0.3, 0.4) is 0 Å². The highest BCUT2D eigenvalue weighted by molar-refractivity contribution is 7.90. The number of aryl methyl sites for hydroxylation is 1. The Bertz CT molecular complexity index is 624. The summed E-state index contributed by atoms with van der Waals surface area (Å²) in [5.74, 6) is 0. The first kappa shape index (κ1) is 15.5. The molecule has 1 aliphatic rings. The fourth-order valence-corrected chi connectivity index (χ4v) is 2.68. The molecule has 0 atom stereocenters. The first-order chi connectivity index (χ1) is 8.92. The summed E-state index contributed by atoms with van der Waals surface area (Å²) >= 11 is 0. The van der Waals surface area contributed by atoms with Gasteiger partial charge >= 0.3 is 7.12 Å². The van der Waals surface area contributed by atoms with E-state index in [1.165, 1.54) is 12.3 Å². The monoisotopic (exact) mass is 297 g/mol. The number of hydrogen-bond acceptors (Lipinski definition) is 5. The number of sulfone groups is 1. The Labute approximate surface area is 120 Å². The molecule has 0 aliphatic carbocycles. The van der Waals surface area contributed by atoms with Crippen LogP contribution in [0.4, 0.5) is 0 Å². The minimum atomic E-state index is -3.29. The first-order valence-corrected chi connectivity index (χ1v) is 8.36. The van der Waals surface area contributed by atoms with Gasteiger partial charge in [-0.05, 0) is 46.8 Å². The maximum atomic E-state index is 11.7. The molecule has 0 radical (unpaired) electrons. The van der Waals surface area contributed by atoms with E-state index in [0.717, 1.165) is 0 Å². The standard InChI is InChI=1S/C13H20BNO4S/c1-9-7-10(20(6,16)17)8-11(15-9)14-18-12(2,3)13(4,5)19-14/h7-8H,1-6H3. The molecule has 20 heavy (non-hydrogen) atoms. The van der Waals surface area contributed by atoms with Gasteiger partial charge in [0.25, 0.3) is 0 Å². The predicted octanol–water partition coefficient (Wildman–Crippen LogP) is 1.09. The second kappa shape index (κ2) is 4.54. The van der Waals surface area contributed by atoms with Gasteiger partial charge in [-0.3, -0.25) is 4.98 Å². The molecule has 1 aliphatic heterocycles. The van der Waals surface area contributed by atoms with Crippen LogP contribution in [0.15, 0.2) is 17.0 Å². The number of hydrogen-bond donors (Lipinski definition) is 0. The lowest BCUT2D eigenvalue weighted by Crippen LogP contribution is -2.41. The number of rotatable bonds is 2. The Morgan fingerprint density at radius 3 is 2.05 bits per heavy atom. The zero-order chi connectivity index (χ0) is 15.3. The number of pyridine rings is 1. The molecule has 0 amide bonds. The van der Waals surface area contributed by atoms with Crippen molar-refractivity contribution in [3.05, 3.63) is 17.8 Å². The highest BCUT2D eigenvalue weighted by atomic mass is 32.2. The van der Waals surface area contributed by atoms with Crippen molar-refractivity contribution >= 4 is 22.5 Å². The molecule has 1 saturated heterocycles. The van der Waals surface area contributed by atoms with Crippen LogP contribution in [0, 0.1) is 6.92 Å². The normalized spacial score (nSPS) is 21.2. The number of nitrogens with zero attached hydrogens (tertiary/aromatic N) is 1. The summed E-state index contributed by atoms with van der Waals surface area (Å²) in [6, 6.07) is 3.06. The fourth-order valence-electron chi connectivity index (χ4n) is 1.96. The molecule has 110 valence electrons. The average Bonchev–Trinajstić information content (AvgIpc) is 2.46. The molecule has 7 heteroatoms. The van der Waals surface area contributed by atoms with Gasteiger partial charge in [0.1, 0.15) is 0 Å². The summed E-state index contributed by atoms with van der Waals surface area (Å²) < 4.78 is 35.2. The van der Waals surface area contributed by atoms with E-state index in [1.54, 1.807) is 13.0 Å². The molecule has 1 aromatic rings. The van der Waals surface area contributed by atoms with Crippen LogP contribution in [0.25, 0.3) is 0 Å². The Kier molecular flexibility index (Phi) is 3.52. The lowest BCUT2D eigenvalue weighted by Gasteiger charge is -2.32. The molecule has 0 unspecified atom stereocenters. The molecule has 0 spiro atoms. The van der Waals surface area contributed by atoms with E-state index in [1.807, 2.05) is 27.7 Å². The third-order valence-electron chi connectivity index (χ3n) is 3.87. The molecule has 1 fully saturated rings. The zero-order valence-corrected chi connectivity index (χ0v) is 13.5. The Morgan fingerprint density at radius 2 is 1.60 bits per heavy atom. The molecule has 5 nitrogen and oxygen atoms in total. The molecule has 2 heterocycles. The van der Waals surface area contributed by atoms with E-state index in [9.17, 15) is 8.42 Å². The third-order valence-corrected chi connectivity index (χ3v) is 4.96. The van der Waals surface area contributed by atoms with Gasteiger partial charge in [0.05, 0.1) is 21.7 Å². The minimum Gasteiger partial charge on any atom is -0.398 e. The quantitative estimate of drug-likeness (QED) is 0.765. The molecular formula is C13H20BNO4S. The SMILES string of the molecule is Cc1cc(S(C)(=O)=O)cc(B2OC(C)(C)C(C)(C)O2)n1. The van der Waals surface area contributed by atoms with Gasteiger partial charge in [-0.1, -0.05) is 0 Å².